The van der Waals surface area contributed by atoms with Gasteiger partial charge < -0.3 is 15.2 Å². The normalized spacial score (nSPS) is 17.0. The van der Waals surface area contributed by atoms with Crippen molar-refractivity contribution in [2.45, 2.75) is 38.8 Å². The van der Waals surface area contributed by atoms with Crippen molar-refractivity contribution < 1.29 is 9.47 Å². The van der Waals surface area contributed by atoms with Crippen molar-refractivity contribution in [2.24, 2.45) is 5.73 Å². The summed E-state index contributed by atoms with van der Waals surface area (Å²) in [5.41, 5.74) is 7.79. The van der Waals surface area contributed by atoms with E-state index in [1.165, 1.54) is 5.56 Å². The maximum absolute atomic E-state index is 5.99. The molecule has 1 aliphatic rings. The van der Waals surface area contributed by atoms with Crippen LogP contribution in [-0.4, -0.2) is 10.6 Å². The first-order chi connectivity index (χ1) is 9.94. The maximum Gasteiger partial charge on any atom is 0.219 e. The molecule has 0 spiro atoms. The van der Waals surface area contributed by atoms with Gasteiger partial charge in [-0.05, 0) is 32.4 Å². The van der Waals surface area contributed by atoms with Gasteiger partial charge >= 0.3 is 0 Å². The highest BCUT2D eigenvalue weighted by Crippen LogP contribution is 2.43. The van der Waals surface area contributed by atoms with Crippen LogP contribution in [0.5, 0.6) is 17.4 Å². The number of fused-ring (bicyclic) bond motifs is 1. The van der Waals surface area contributed by atoms with Gasteiger partial charge in [-0.2, -0.15) is 0 Å². The number of para-hydroxylation sites is 1. The lowest BCUT2D eigenvalue weighted by molar-refractivity contribution is 0.135. The molecule has 0 radical (unpaired) electrons. The van der Waals surface area contributed by atoms with Gasteiger partial charge in [0.2, 0.25) is 5.88 Å². The number of rotatable bonds is 3. The molecule has 2 N–H and O–H groups in total. The summed E-state index contributed by atoms with van der Waals surface area (Å²) >= 11 is 0. The fraction of sp³-hybridized carbons (Fsp3) is 0.353. The van der Waals surface area contributed by atoms with Crippen molar-refractivity contribution in [1.82, 2.24) is 4.98 Å². The minimum Gasteiger partial charge on any atom is -0.483 e. The number of aromatic nitrogens is 1. The molecule has 3 rings (SSSR count). The van der Waals surface area contributed by atoms with E-state index in [2.05, 4.69) is 24.9 Å². The summed E-state index contributed by atoms with van der Waals surface area (Å²) in [6.07, 6.45) is 2.63. The third-order valence-corrected chi connectivity index (χ3v) is 3.55. The van der Waals surface area contributed by atoms with Crippen LogP contribution in [0.2, 0.25) is 0 Å². The van der Waals surface area contributed by atoms with Gasteiger partial charge in [0.1, 0.15) is 5.60 Å². The Morgan fingerprint density at radius 1 is 1.29 bits per heavy atom. The third kappa shape index (κ3) is 2.85. The molecule has 1 atom stereocenters. The molecule has 1 aromatic carbocycles. The highest BCUT2D eigenvalue weighted by Gasteiger charge is 2.32. The number of hydrogen-bond acceptors (Lipinski definition) is 4. The van der Waals surface area contributed by atoms with Crippen LogP contribution < -0.4 is 15.2 Å². The number of hydrogen-bond donors (Lipinski definition) is 1. The number of ether oxygens (including phenoxy) is 2. The molecule has 21 heavy (non-hydrogen) atoms. The van der Waals surface area contributed by atoms with E-state index >= 15 is 0 Å². The number of nitrogens with zero attached hydrogens (tertiary/aromatic N) is 1. The fourth-order valence-corrected chi connectivity index (χ4v) is 2.50. The van der Waals surface area contributed by atoms with Crippen molar-refractivity contribution in [1.29, 1.82) is 0 Å². The van der Waals surface area contributed by atoms with Crippen LogP contribution in [-0.2, 0) is 6.42 Å². The number of benzene rings is 1. The Morgan fingerprint density at radius 2 is 2.10 bits per heavy atom. The first kappa shape index (κ1) is 13.9. The zero-order valence-electron chi connectivity index (χ0n) is 12.6. The zero-order valence-corrected chi connectivity index (χ0v) is 12.6. The van der Waals surface area contributed by atoms with Gasteiger partial charge in [0.15, 0.2) is 11.5 Å². The van der Waals surface area contributed by atoms with Gasteiger partial charge in [0.25, 0.3) is 0 Å². The van der Waals surface area contributed by atoms with Gasteiger partial charge in [-0.1, -0.05) is 18.2 Å². The summed E-state index contributed by atoms with van der Waals surface area (Å²) in [5.74, 6) is 2.07. The summed E-state index contributed by atoms with van der Waals surface area (Å²) in [5, 5.41) is 0. The van der Waals surface area contributed by atoms with Gasteiger partial charge in [0.05, 0.1) is 0 Å². The van der Waals surface area contributed by atoms with Gasteiger partial charge in [-0.15, -0.1) is 0 Å². The first-order valence-electron chi connectivity index (χ1n) is 7.15. The van der Waals surface area contributed by atoms with Crippen LogP contribution in [0, 0.1) is 0 Å². The molecule has 2 heterocycles. The van der Waals surface area contributed by atoms with Crippen LogP contribution in [0.1, 0.15) is 37.9 Å². The first-order valence-corrected chi connectivity index (χ1v) is 7.15. The predicted molar refractivity (Wildman–Crippen MR) is 81.8 cm³/mol. The van der Waals surface area contributed by atoms with E-state index in [4.69, 9.17) is 15.2 Å². The van der Waals surface area contributed by atoms with Gasteiger partial charge in [0, 0.05) is 30.3 Å². The molecular formula is C17H20N2O2. The minimum absolute atomic E-state index is 0.0309. The highest BCUT2D eigenvalue weighted by atomic mass is 16.5. The van der Waals surface area contributed by atoms with Crippen LogP contribution in [0.25, 0.3) is 0 Å². The summed E-state index contributed by atoms with van der Waals surface area (Å²) in [6.45, 7) is 6.08. The third-order valence-electron chi connectivity index (χ3n) is 3.55. The van der Waals surface area contributed by atoms with Gasteiger partial charge in [-0.3, -0.25) is 0 Å². The molecule has 0 bridgehead atoms. The van der Waals surface area contributed by atoms with Crippen molar-refractivity contribution in [3.63, 3.8) is 0 Å². The van der Waals surface area contributed by atoms with E-state index in [1.807, 2.05) is 31.2 Å². The van der Waals surface area contributed by atoms with Crippen molar-refractivity contribution >= 4 is 0 Å². The minimum atomic E-state index is -0.186. The Hall–Kier alpha value is -2.07. The van der Waals surface area contributed by atoms with Crippen LogP contribution >= 0.6 is 0 Å². The highest BCUT2D eigenvalue weighted by molar-refractivity contribution is 5.51. The monoisotopic (exact) mass is 284 g/mol. The topological polar surface area (TPSA) is 57.4 Å². The molecular weight excluding hydrogens is 264 g/mol. The average Bonchev–Trinajstić information content (AvgIpc) is 2.74. The lowest BCUT2D eigenvalue weighted by atomic mass is 10.0. The predicted octanol–water partition coefficient (Wildman–Crippen LogP) is 3.61. The molecule has 0 saturated heterocycles. The Bertz CT molecular complexity index is 648. The van der Waals surface area contributed by atoms with E-state index < -0.39 is 0 Å². The van der Waals surface area contributed by atoms with Crippen LogP contribution in [0.15, 0.2) is 36.5 Å². The summed E-state index contributed by atoms with van der Waals surface area (Å²) in [4.78, 5) is 4.30. The molecule has 1 aliphatic heterocycles. The average molecular weight is 284 g/mol. The molecule has 4 nitrogen and oxygen atoms in total. The number of nitrogens with two attached hydrogens (primary N) is 1. The summed E-state index contributed by atoms with van der Waals surface area (Å²) < 4.78 is 11.9. The SMILES string of the molecule is C[C@H](N)c1ccc(Oc2cccc3c2OC(C)(C)C3)nc1. The molecule has 4 heteroatoms. The van der Waals surface area contributed by atoms with E-state index in [0.29, 0.717) is 11.6 Å². The second-order valence-electron chi connectivity index (χ2n) is 6.10. The lowest BCUT2D eigenvalue weighted by Crippen LogP contribution is -2.24. The second kappa shape index (κ2) is 5.04. The quantitative estimate of drug-likeness (QED) is 0.935. The van der Waals surface area contributed by atoms with Crippen molar-refractivity contribution in [2.75, 3.05) is 0 Å². The van der Waals surface area contributed by atoms with Crippen LogP contribution in [0.3, 0.4) is 0 Å². The van der Waals surface area contributed by atoms with E-state index in [1.54, 1.807) is 6.20 Å². The smallest absolute Gasteiger partial charge is 0.219 e. The molecule has 0 saturated carbocycles. The number of pyridine rings is 1. The van der Waals surface area contributed by atoms with E-state index in [0.717, 1.165) is 17.7 Å². The summed E-state index contributed by atoms with van der Waals surface area (Å²) in [7, 11) is 0. The molecule has 2 aromatic rings. The second-order valence-corrected chi connectivity index (χ2v) is 6.10. The Morgan fingerprint density at radius 3 is 2.76 bits per heavy atom. The van der Waals surface area contributed by atoms with E-state index in [-0.39, 0.29) is 11.6 Å². The maximum atomic E-state index is 5.99. The van der Waals surface area contributed by atoms with Crippen molar-refractivity contribution in [3.8, 4) is 17.4 Å². The van der Waals surface area contributed by atoms with Crippen LogP contribution in [0.4, 0.5) is 0 Å². The zero-order chi connectivity index (χ0) is 15.0. The molecule has 0 unspecified atom stereocenters. The summed E-state index contributed by atoms with van der Waals surface area (Å²) in [6, 6.07) is 9.69. The largest absolute Gasteiger partial charge is 0.483 e. The Labute approximate surface area is 124 Å². The Balaban J connectivity index is 1.85. The molecule has 110 valence electrons. The molecule has 0 amide bonds. The van der Waals surface area contributed by atoms with Crippen molar-refractivity contribution in [3.05, 3.63) is 47.7 Å². The molecule has 1 aromatic heterocycles. The standard InChI is InChI=1S/C17H20N2O2/c1-11(18)13-7-8-15(19-10-13)20-14-6-4-5-12-9-17(2,3)21-16(12)14/h4-8,10-11H,9,18H2,1-3H3/t11-/m0/s1. The molecule has 0 fully saturated rings. The van der Waals surface area contributed by atoms with Gasteiger partial charge in [-0.25, -0.2) is 4.98 Å². The fourth-order valence-electron chi connectivity index (χ4n) is 2.50. The van der Waals surface area contributed by atoms with E-state index in [9.17, 15) is 0 Å². The Kier molecular flexibility index (Phi) is 3.33. The molecule has 0 aliphatic carbocycles. The lowest BCUT2D eigenvalue weighted by Gasteiger charge is -2.18.